The van der Waals surface area contributed by atoms with Gasteiger partial charge in [0, 0.05) is 6.42 Å². The maximum Gasteiger partial charge on any atom is 0.124 e. The van der Waals surface area contributed by atoms with Crippen LogP contribution in [0.4, 0.5) is 10.1 Å². The lowest BCUT2D eigenvalue weighted by Gasteiger charge is -2.13. The number of aryl methyl sites for hydroxylation is 1. The molecule has 0 saturated heterocycles. The molecule has 1 heterocycles. The van der Waals surface area contributed by atoms with Crippen LogP contribution in [-0.4, -0.2) is 12.6 Å². The second kappa shape index (κ2) is 5.33. The summed E-state index contributed by atoms with van der Waals surface area (Å²) in [7, 11) is 0. The molecule has 20 heavy (non-hydrogen) atoms. The summed E-state index contributed by atoms with van der Waals surface area (Å²) in [5.74, 6) is 0.619. The molecular formula is C16H15ClFNO. The number of fused-ring (bicyclic) bond motifs is 1. The molecule has 1 N–H and O–H groups in total. The number of benzene rings is 2. The monoisotopic (exact) mass is 291 g/mol. The predicted octanol–water partition coefficient (Wildman–Crippen LogP) is 4.20. The Balaban J connectivity index is 1.63. The van der Waals surface area contributed by atoms with Crippen LogP contribution in [0.5, 0.6) is 5.75 Å². The smallest absolute Gasteiger partial charge is 0.124 e. The molecule has 2 nitrogen and oxygen atoms in total. The number of anilines is 1. The van der Waals surface area contributed by atoms with Crippen LogP contribution in [0.2, 0.25) is 5.02 Å². The van der Waals surface area contributed by atoms with Gasteiger partial charge >= 0.3 is 0 Å². The van der Waals surface area contributed by atoms with E-state index in [4.69, 9.17) is 16.3 Å². The maximum atomic E-state index is 13.0. The number of nitrogens with one attached hydrogen (secondary N) is 1. The summed E-state index contributed by atoms with van der Waals surface area (Å²) in [6.45, 7) is 2.71. The van der Waals surface area contributed by atoms with E-state index in [2.05, 4.69) is 18.3 Å². The Morgan fingerprint density at radius 3 is 2.95 bits per heavy atom. The second-order valence-electron chi connectivity index (χ2n) is 5.06. The summed E-state index contributed by atoms with van der Waals surface area (Å²) in [5, 5.41) is 3.59. The van der Waals surface area contributed by atoms with Crippen molar-refractivity contribution >= 4 is 17.3 Å². The lowest BCUT2D eigenvalue weighted by atomic mass is 10.1. The lowest BCUT2D eigenvalue weighted by Crippen LogP contribution is -2.24. The summed E-state index contributed by atoms with van der Waals surface area (Å²) < 4.78 is 18.8. The molecule has 2 aromatic carbocycles. The number of halogens is 2. The van der Waals surface area contributed by atoms with Crippen LogP contribution >= 0.6 is 11.6 Å². The average Bonchev–Trinajstić information content (AvgIpc) is 2.79. The fraction of sp³-hybridized carbons (Fsp3) is 0.250. The van der Waals surface area contributed by atoms with Gasteiger partial charge in [0.1, 0.15) is 17.7 Å². The Bertz CT molecular complexity index is 644. The van der Waals surface area contributed by atoms with Gasteiger partial charge in [0.05, 0.1) is 17.3 Å². The molecule has 0 saturated carbocycles. The number of rotatable bonds is 3. The molecule has 104 valence electrons. The molecule has 1 aliphatic rings. The average molecular weight is 292 g/mol. The minimum absolute atomic E-state index is 0.0768. The van der Waals surface area contributed by atoms with Crippen LogP contribution in [0.25, 0.3) is 0 Å². The van der Waals surface area contributed by atoms with Gasteiger partial charge in [-0.3, -0.25) is 0 Å². The zero-order valence-electron chi connectivity index (χ0n) is 11.1. The molecule has 2 aromatic rings. The van der Waals surface area contributed by atoms with Gasteiger partial charge in [-0.05, 0) is 36.8 Å². The molecule has 0 bridgehead atoms. The Hall–Kier alpha value is -1.74. The predicted molar refractivity (Wildman–Crippen MR) is 79.2 cm³/mol. The Kier molecular flexibility index (Phi) is 3.53. The SMILES string of the molecule is Cc1ccc2c(c1)CC(CNc1ccc(F)cc1Cl)O2. The third kappa shape index (κ3) is 2.73. The van der Waals surface area contributed by atoms with Crippen molar-refractivity contribution in [2.45, 2.75) is 19.4 Å². The fourth-order valence-corrected chi connectivity index (χ4v) is 2.65. The van der Waals surface area contributed by atoms with Crippen molar-refractivity contribution in [1.29, 1.82) is 0 Å². The van der Waals surface area contributed by atoms with Crippen LogP contribution in [0, 0.1) is 12.7 Å². The van der Waals surface area contributed by atoms with Crippen LogP contribution in [0.3, 0.4) is 0 Å². The Morgan fingerprint density at radius 2 is 2.15 bits per heavy atom. The quantitative estimate of drug-likeness (QED) is 0.915. The molecule has 0 spiro atoms. The Morgan fingerprint density at radius 1 is 1.30 bits per heavy atom. The number of hydrogen-bond donors (Lipinski definition) is 1. The zero-order valence-corrected chi connectivity index (χ0v) is 11.9. The first-order valence-corrected chi connectivity index (χ1v) is 6.95. The molecule has 0 radical (unpaired) electrons. The van der Waals surface area contributed by atoms with E-state index in [0.29, 0.717) is 11.6 Å². The topological polar surface area (TPSA) is 21.3 Å². The normalized spacial score (nSPS) is 16.6. The third-order valence-electron chi connectivity index (χ3n) is 3.41. The third-order valence-corrected chi connectivity index (χ3v) is 3.72. The van der Waals surface area contributed by atoms with Crippen molar-refractivity contribution in [1.82, 2.24) is 0 Å². The van der Waals surface area contributed by atoms with E-state index in [-0.39, 0.29) is 11.9 Å². The Labute approximate surface area is 122 Å². The minimum atomic E-state index is -0.333. The van der Waals surface area contributed by atoms with Crippen molar-refractivity contribution in [3.05, 3.63) is 58.4 Å². The van der Waals surface area contributed by atoms with Gasteiger partial charge in [0.25, 0.3) is 0 Å². The van der Waals surface area contributed by atoms with Gasteiger partial charge in [0.2, 0.25) is 0 Å². The van der Waals surface area contributed by atoms with Crippen molar-refractivity contribution in [3.63, 3.8) is 0 Å². The highest BCUT2D eigenvalue weighted by Crippen LogP contribution is 2.30. The highest BCUT2D eigenvalue weighted by atomic mass is 35.5. The summed E-state index contributed by atoms with van der Waals surface area (Å²) >= 11 is 5.98. The van der Waals surface area contributed by atoms with E-state index in [1.165, 1.54) is 23.3 Å². The molecule has 0 amide bonds. The van der Waals surface area contributed by atoms with E-state index >= 15 is 0 Å². The van der Waals surface area contributed by atoms with E-state index in [1.54, 1.807) is 6.07 Å². The van der Waals surface area contributed by atoms with Gasteiger partial charge in [-0.25, -0.2) is 4.39 Å². The molecule has 3 rings (SSSR count). The molecule has 0 aromatic heterocycles. The van der Waals surface area contributed by atoms with Gasteiger partial charge < -0.3 is 10.1 Å². The second-order valence-corrected chi connectivity index (χ2v) is 5.47. The van der Waals surface area contributed by atoms with Gasteiger partial charge in [-0.15, -0.1) is 0 Å². The van der Waals surface area contributed by atoms with E-state index in [9.17, 15) is 4.39 Å². The first-order valence-electron chi connectivity index (χ1n) is 6.57. The number of ether oxygens (including phenoxy) is 1. The summed E-state index contributed by atoms with van der Waals surface area (Å²) in [5.41, 5.74) is 3.20. The minimum Gasteiger partial charge on any atom is -0.488 e. The highest BCUT2D eigenvalue weighted by molar-refractivity contribution is 6.33. The molecule has 0 fully saturated rings. The van der Waals surface area contributed by atoms with Crippen LogP contribution in [0.15, 0.2) is 36.4 Å². The van der Waals surface area contributed by atoms with Crippen LogP contribution in [-0.2, 0) is 6.42 Å². The van der Waals surface area contributed by atoms with E-state index in [0.717, 1.165) is 17.9 Å². The largest absolute Gasteiger partial charge is 0.488 e. The van der Waals surface area contributed by atoms with Crippen molar-refractivity contribution < 1.29 is 9.13 Å². The molecule has 1 atom stereocenters. The fourth-order valence-electron chi connectivity index (χ4n) is 2.42. The van der Waals surface area contributed by atoms with E-state index < -0.39 is 0 Å². The number of hydrogen-bond acceptors (Lipinski definition) is 2. The van der Waals surface area contributed by atoms with Gasteiger partial charge in [-0.1, -0.05) is 29.3 Å². The first-order chi connectivity index (χ1) is 9.61. The van der Waals surface area contributed by atoms with Crippen LogP contribution < -0.4 is 10.1 Å². The van der Waals surface area contributed by atoms with Gasteiger partial charge in [0.15, 0.2) is 0 Å². The van der Waals surface area contributed by atoms with E-state index in [1.807, 2.05) is 12.1 Å². The van der Waals surface area contributed by atoms with Crippen molar-refractivity contribution in [3.8, 4) is 5.75 Å². The molecular weight excluding hydrogens is 277 g/mol. The molecule has 0 aliphatic carbocycles. The first kappa shape index (κ1) is 13.3. The summed E-state index contributed by atoms with van der Waals surface area (Å²) in [6.07, 6.45) is 0.955. The zero-order chi connectivity index (χ0) is 14.1. The molecule has 1 unspecified atom stereocenters. The summed E-state index contributed by atoms with van der Waals surface area (Å²) in [6, 6.07) is 10.5. The summed E-state index contributed by atoms with van der Waals surface area (Å²) in [4.78, 5) is 0. The van der Waals surface area contributed by atoms with Crippen LogP contribution in [0.1, 0.15) is 11.1 Å². The standard InChI is InChI=1S/C16H15ClFNO/c1-10-2-5-16-11(6-10)7-13(20-16)9-19-15-4-3-12(18)8-14(15)17/h2-6,8,13,19H,7,9H2,1H3. The van der Waals surface area contributed by atoms with Crippen molar-refractivity contribution in [2.75, 3.05) is 11.9 Å². The molecule has 4 heteroatoms. The molecule has 1 aliphatic heterocycles. The maximum absolute atomic E-state index is 13.0. The lowest BCUT2D eigenvalue weighted by molar-refractivity contribution is 0.246. The van der Waals surface area contributed by atoms with Gasteiger partial charge in [-0.2, -0.15) is 0 Å². The van der Waals surface area contributed by atoms with Crippen molar-refractivity contribution in [2.24, 2.45) is 0 Å². The highest BCUT2D eigenvalue weighted by Gasteiger charge is 2.22.